The minimum absolute atomic E-state index is 0.761. The van der Waals surface area contributed by atoms with Gasteiger partial charge in [-0.3, -0.25) is 5.10 Å². The molecular formula is C11H11ClN2. The van der Waals surface area contributed by atoms with E-state index in [1.54, 1.807) is 0 Å². The molecule has 0 saturated heterocycles. The van der Waals surface area contributed by atoms with Crippen molar-refractivity contribution in [1.29, 1.82) is 0 Å². The largest absolute Gasteiger partial charge is 0.278 e. The predicted octanol–water partition coefficient (Wildman–Crippen LogP) is 3.56. The SMILES string of the molecule is C/C=C\c1c(Cl)cc2[nH]ncc2c1C. The Labute approximate surface area is 87.6 Å². The van der Waals surface area contributed by atoms with Crippen LogP contribution < -0.4 is 0 Å². The molecule has 0 unspecified atom stereocenters. The maximum absolute atomic E-state index is 6.15. The molecule has 1 heterocycles. The third-order valence-electron chi connectivity index (χ3n) is 2.34. The fourth-order valence-electron chi connectivity index (χ4n) is 1.60. The van der Waals surface area contributed by atoms with E-state index in [2.05, 4.69) is 17.1 Å². The van der Waals surface area contributed by atoms with Crippen molar-refractivity contribution in [3.63, 3.8) is 0 Å². The van der Waals surface area contributed by atoms with E-state index < -0.39 is 0 Å². The summed E-state index contributed by atoms with van der Waals surface area (Å²) in [5.41, 5.74) is 3.23. The van der Waals surface area contributed by atoms with Crippen LogP contribution in [0.4, 0.5) is 0 Å². The van der Waals surface area contributed by atoms with Gasteiger partial charge in [0.25, 0.3) is 0 Å². The minimum atomic E-state index is 0.761. The molecule has 0 aliphatic rings. The molecule has 1 aromatic carbocycles. The molecule has 0 radical (unpaired) electrons. The van der Waals surface area contributed by atoms with Gasteiger partial charge in [-0.2, -0.15) is 5.10 Å². The van der Waals surface area contributed by atoms with Crippen LogP contribution in [0.25, 0.3) is 17.0 Å². The van der Waals surface area contributed by atoms with E-state index in [9.17, 15) is 0 Å². The summed E-state index contributed by atoms with van der Waals surface area (Å²) in [6.07, 6.45) is 5.83. The van der Waals surface area contributed by atoms with Crippen molar-refractivity contribution in [1.82, 2.24) is 10.2 Å². The number of hydrogen-bond acceptors (Lipinski definition) is 1. The molecule has 0 atom stereocenters. The molecule has 2 aromatic rings. The Morgan fingerprint density at radius 1 is 1.50 bits per heavy atom. The number of H-pyrrole nitrogens is 1. The van der Waals surface area contributed by atoms with Gasteiger partial charge in [-0.15, -0.1) is 0 Å². The highest BCUT2D eigenvalue weighted by Crippen LogP contribution is 2.28. The summed E-state index contributed by atoms with van der Waals surface area (Å²) in [6.45, 7) is 4.04. The highest BCUT2D eigenvalue weighted by atomic mass is 35.5. The maximum atomic E-state index is 6.15. The zero-order chi connectivity index (χ0) is 10.1. The molecule has 0 spiro atoms. The number of hydrogen-bond donors (Lipinski definition) is 1. The van der Waals surface area contributed by atoms with Gasteiger partial charge >= 0.3 is 0 Å². The standard InChI is InChI=1S/C11H11ClN2/c1-3-4-8-7(2)9-6-13-14-11(9)5-10(8)12/h3-6H,1-2H3,(H,13,14)/b4-3-. The van der Waals surface area contributed by atoms with Crippen molar-refractivity contribution < 1.29 is 0 Å². The van der Waals surface area contributed by atoms with Gasteiger partial charge in [0, 0.05) is 5.39 Å². The van der Waals surface area contributed by atoms with Gasteiger partial charge in [0.1, 0.15) is 0 Å². The van der Waals surface area contributed by atoms with E-state index in [0.717, 1.165) is 21.5 Å². The third kappa shape index (κ3) is 1.32. The highest BCUT2D eigenvalue weighted by molar-refractivity contribution is 6.33. The van der Waals surface area contributed by atoms with Crippen LogP contribution in [0.1, 0.15) is 18.1 Å². The van der Waals surface area contributed by atoms with Crippen LogP contribution in [0.3, 0.4) is 0 Å². The molecular weight excluding hydrogens is 196 g/mol. The van der Waals surface area contributed by atoms with Crippen molar-refractivity contribution in [3.05, 3.63) is 34.5 Å². The number of halogens is 1. The van der Waals surface area contributed by atoms with Crippen molar-refractivity contribution in [3.8, 4) is 0 Å². The average Bonchev–Trinajstić information content (AvgIpc) is 2.60. The summed E-state index contributed by atoms with van der Waals surface area (Å²) in [6, 6.07) is 1.91. The molecule has 2 rings (SSSR count). The predicted molar refractivity (Wildman–Crippen MR) is 60.5 cm³/mol. The van der Waals surface area contributed by atoms with Gasteiger partial charge in [0.15, 0.2) is 0 Å². The molecule has 0 fully saturated rings. The first-order valence-corrected chi connectivity index (χ1v) is 4.86. The van der Waals surface area contributed by atoms with Crippen LogP contribution in [0.5, 0.6) is 0 Å². The summed E-state index contributed by atoms with van der Waals surface area (Å²) >= 11 is 6.15. The summed E-state index contributed by atoms with van der Waals surface area (Å²) < 4.78 is 0. The van der Waals surface area contributed by atoms with Gasteiger partial charge in [-0.25, -0.2) is 0 Å². The van der Waals surface area contributed by atoms with Gasteiger partial charge in [-0.1, -0.05) is 23.8 Å². The molecule has 0 bridgehead atoms. The van der Waals surface area contributed by atoms with Crippen LogP contribution in [0.2, 0.25) is 5.02 Å². The fourth-order valence-corrected chi connectivity index (χ4v) is 1.92. The third-order valence-corrected chi connectivity index (χ3v) is 2.65. The van der Waals surface area contributed by atoms with Crippen molar-refractivity contribution in [2.45, 2.75) is 13.8 Å². The molecule has 1 N–H and O–H groups in total. The van der Waals surface area contributed by atoms with Gasteiger partial charge in [0.05, 0.1) is 16.7 Å². The average molecular weight is 207 g/mol. The second-order valence-corrected chi connectivity index (χ2v) is 3.64. The Balaban J connectivity index is 2.82. The normalized spacial score (nSPS) is 11.6. The smallest absolute Gasteiger partial charge is 0.0668 e. The number of aromatic amines is 1. The van der Waals surface area contributed by atoms with Crippen molar-refractivity contribution in [2.24, 2.45) is 0 Å². The lowest BCUT2D eigenvalue weighted by Gasteiger charge is -2.04. The summed E-state index contributed by atoms with van der Waals surface area (Å²) in [7, 11) is 0. The van der Waals surface area contributed by atoms with Crippen LogP contribution >= 0.6 is 11.6 Å². The van der Waals surface area contributed by atoms with Crippen LogP contribution in [-0.4, -0.2) is 10.2 Å². The first kappa shape index (κ1) is 9.28. The number of allylic oxidation sites excluding steroid dienone is 1. The highest BCUT2D eigenvalue weighted by Gasteiger charge is 2.07. The maximum Gasteiger partial charge on any atom is 0.0668 e. The number of nitrogens with zero attached hydrogens (tertiary/aromatic N) is 1. The topological polar surface area (TPSA) is 28.7 Å². The van der Waals surface area contributed by atoms with E-state index in [4.69, 9.17) is 11.6 Å². The molecule has 0 amide bonds. The molecule has 3 heteroatoms. The van der Waals surface area contributed by atoms with E-state index in [0.29, 0.717) is 0 Å². The Bertz CT molecular complexity index is 497. The first-order valence-electron chi connectivity index (χ1n) is 4.49. The molecule has 14 heavy (non-hydrogen) atoms. The lowest BCUT2D eigenvalue weighted by atomic mass is 10.0. The molecule has 1 aromatic heterocycles. The van der Waals surface area contributed by atoms with E-state index in [-0.39, 0.29) is 0 Å². The molecule has 2 nitrogen and oxygen atoms in total. The molecule has 0 aliphatic heterocycles. The number of fused-ring (bicyclic) bond motifs is 1. The van der Waals surface area contributed by atoms with Crippen molar-refractivity contribution >= 4 is 28.6 Å². The van der Waals surface area contributed by atoms with Crippen molar-refractivity contribution in [2.75, 3.05) is 0 Å². The Kier molecular flexibility index (Phi) is 2.30. The van der Waals surface area contributed by atoms with Gasteiger partial charge in [0.2, 0.25) is 0 Å². The number of nitrogens with one attached hydrogen (secondary N) is 1. The minimum Gasteiger partial charge on any atom is -0.278 e. The number of aromatic nitrogens is 2. The number of benzene rings is 1. The number of aryl methyl sites for hydroxylation is 1. The fraction of sp³-hybridized carbons (Fsp3) is 0.182. The monoisotopic (exact) mass is 206 g/mol. The lowest BCUT2D eigenvalue weighted by molar-refractivity contribution is 1.12. The quantitative estimate of drug-likeness (QED) is 0.760. The molecule has 0 saturated carbocycles. The van der Waals surface area contributed by atoms with Gasteiger partial charge in [-0.05, 0) is 31.0 Å². The van der Waals surface area contributed by atoms with E-state index in [1.807, 2.05) is 31.3 Å². The first-order chi connectivity index (χ1) is 6.74. The summed E-state index contributed by atoms with van der Waals surface area (Å²) in [5.74, 6) is 0. The number of rotatable bonds is 1. The van der Waals surface area contributed by atoms with Gasteiger partial charge < -0.3 is 0 Å². The summed E-state index contributed by atoms with van der Waals surface area (Å²) in [4.78, 5) is 0. The zero-order valence-corrected chi connectivity index (χ0v) is 8.89. The Hall–Kier alpha value is -1.28. The second-order valence-electron chi connectivity index (χ2n) is 3.23. The van der Waals surface area contributed by atoms with Crippen LogP contribution in [0, 0.1) is 6.92 Å². The Morgan fingerprint density at radius 2 is 2.29 bits per heavy atom. The molecule has 0 aliphatic carbocycles. The van der Waals surface area contributed by atoms with Crippen LogP contribution in [0.15, 0.2) is 18.3 Å². The Morgan fingerprint density at radius 3 is 3.00 bits per heavy atom. The van der Waals surface area contributed by atoms with E-state index in [1.165, 1.54) is 5.56 Å². The van der Waals surface area contributed by atoms with E-state index >= 15 is 0 Å². The lowest BCUT2D eigenvalue weighted by Crippen LogP contribution is -1.84. The second kappa shape index (κ2) is 3.46. The summed E-state index contributed by atoms with van der Waals surface area (Å²) in [5, 5.41) is 8.80. The van der Waals surface area contributed by atoms with Crippen LogP contribution in [-0.2, 0) is 0 Å². The molecule has 72 valence electrons. The zero-order valence-electron chi connectivity index (χ0n) is 8.13.